The van der Waals surface area contributed by atoms with Gasteiger partial charge in [-0.15, -0.1) is 0 Å². The van der Waals surface area contributed by atoms with Gasteiger partial charge < -0.3 is 34.8 Å². The summed E-state index contributed by atoms with van der Waals surface area (Å²) in [6, 6.07) is 14.8. The van der Waals surface area contributed by atoms with Crippen molar-refractivity contribution in [1.82, 2.24) is 4.90 Å². The first-order valence-electron chi connectivity index (χ1n) is 11.6. The molecule has 3 rings (SSSR count). The normalized spacial score (nSPS) is 13.9. The first kappa shape index (κ1) is 30.2. The summed E-state index contributed by atoms with van der Waals surface area (Å²) in [5, 5.41) is 19.7. The van der Waals surface area contributed by atoms with Crippen molar-refractivity contribution in [3.63, 3.8) is 0 Å². The Kier molecular flexibility index (Phi) is 11.7. The van der Waals surface area contributed by atoms with E-state index in [1.807, 2.05) is 24.3 Å². The van der Waals surface area contributed by atoms with Gasteiger partial charge in [0.05, 0.1) is 18.4 Å². The molecule has 0 amide bonds. The number of carboxylic acids is 2. The molecule has 2 aromatic carbocycles. The van der Waals surface area contributed by atoms with Gasteiger partial charge in [-0.1, -0.05) is 18.2 Å². The zero-order valence-corrected chi connectivity index (χ0v) is 21.1. The molecule has 1 saturated heterocycles. The van der Waals surface area contributed by atoms with E-state index in [2.05, 4.69) is 21.2 Å². The largest absolute Gasteiger partial charge is 0.495 e. The highest BCUT2D eigenvalue weighted by Gasteiger charge is 2.38. The van der Waals surface area contributed by atoms with Crippen molar-refractivity contribution >= 4 is 29.3 Å². The fourth-order valence-electron chi connectivity index (χ4n) is 3.52. The first-order chi connectivity index (χ1) is 18.1. The lowest BCUT2D eigenvalue weighted by Gasteiger charge is -2.38. The number of nitrogens with one attached hydrogen (secondary N) is 1. The molecule has 0 aromatic heterocycles. The Morgan fingerprint density at radius 2 is 1.68 bits per heavy atom. The Morgan fingerprint density at radius 3 is 2.26 bits per heavy atom. The number of aromatic carboxylic acids is 1. The van der Waals surface area contributed by atoms with Crippen LogP contribution in [0, 0.1) is 0 Å². The van der Waals surface area contributed by atoms with Crippen LogP contribution in [-0.4, -0.2) is 92.7 Å². The third-order valence-corrected chi connectivity index (χ3v) is 5.38. The summed E-state index contributed by atoms with van der Waals surface area (Å²) < 4.78 is 42.4. The summed E-state index contributed by atoms with van der Waals surface area (Å²) in [7, 11) is 3.37. The van der Waals surface area contributed by atoms with Crippen LogP contribution in [0.5, 0.6) is 5.75 Å². The van der Waals surface area contributed by atoms with Crippen molar-refractivity contribution < 1.29 is 42.4 Å². The van der Waals surface area contributed by atoms with Crippen LogP contribution in [0.4, 0.5) is 24.5 Å². The molecule has 208 valence electrons. The van der Waals surface area contributed by atoms with Crippen molar-refractivity contribution in [1.29, 1.82) is 0 Å². The van der Waals surface area contributed by atoms with Gasteiger partial charge in [-0.2, -0.15) is 13.2 Å². The minimum absolute atomic E-state index is 0.240. The van der Waals surface area contributed by atoms with Crippen molar-refractivity contribution in [3.8, 4) is 5.75 Å². The Balaban J connectivity index is 0.000000638. The molecule has 13 heteroatoms. The summed E-state index contributed by atoms with van der Waals surface area (Å²) in [5.41, 5.74) is 2.03. The number of ether oxygens (including phenoxy) is 2. The zero-order valence-electron chi connectivity index (χ0n) is 21.1. The number of halogens is 3. The molecule has 1 fully saturated rings. The fourth-order valence-corrected chi connectivity index (χ4v) is 3.52. The van der Waals surface area contributed by atoms with Crippen LogP contribution in [0.2, 0.25) is 0 Å². The van der Waals surface area contributed by atoms with E-state index in [4.69, 9.17) is 24.4 Å². The second kappa shape index (κ2) is 14.7. The van der Waals surface area contributed by atoms with Gasteiger partial charge in [-0.05, 0) is 36.8 Å². The number of guanidine groups is 1. The highest BCUT2D eigenvalue weighted by Crippen LogP contribution is 2.28. The first-order valence-corrected chi connectivity index (χ1v) is 11.6. The van der Waals surface area contributed by atoms with Crippen LogP contribution in [-0.2, 0) is 9.53 Å². The summed E-state index contributed by atoms with van der Waals surface area (Å²) in [6.07, 6.45) is -4.27. The molecule has 0 atom stereocenters. The second-order valence-electron chi connectivity index (χ2n) is 8.01. The minimum Gasteiger partial charge on any atom is -0.495 e. The third kappa shape index (κ3) is 9.47. The summed E-state index contributed by atoms with van der Waals surface area (Å²) in [5.74, 6) is -2.09. The van der Waals surface area contributed by atoms with Gasteiger partial charge in [0.2, 0.25) is 0 Å². The number of benzene rings is 2. The van der Waals surface area contributed by atoms with Crippen molar-refractivity contribution in [3.05, 3.63) is 54.1 Å². The molecule has 0 spiro atoms. The number of para-hydroxylation sites is 2. The van der Waals surface area contributed by atoms with Gasteiger partial charge in [-0.3, -0.25) is 4.99 Å². The number of alkyl halides is 3. The van der Waals surface area contributed by atoms with E-state index in [0.717, 1.165) is 50.0 Å². The molecule has 0 saturated carbocycles. The van der Waals surface area contributed by atoms with Crippen LogP contribution in [0.15, 0.2) is 53.5 Å². The van der Waals surface area contributed by atoms with Gasteiger partial charge in [0.15, 0.2) is 5.96 Å². The summed E-state index contributed by atoms with van der Waals surface area (Å²) in [6.45, 7) is 4.50. The third-order valence-electron chi connectivity index (χ3n) is 5.38. The van der Waals surface area contributed by atoms with Crippen molar-refractivity contribution in [2.45, 2.75) is 12.6 Å². The van der Waals surface area contributed by atoms with Crippen LogP contribution in [0.3, 0.4) is 0 Å². The van der Waals surface area contributed by atoms with E-state index in [1.54, 1.807) is 32.4 Å². The average Bonchev–Trinajstić information content (AvgIpc) is 2.90. The number of anilines is 2. The van der Waals surface area contributed by atoms with Crippen LogP contribution < -0.4 is 15.0 Å². The number of nitrogens with zero attached hydrogens (tertiary/aromatic N) is 3. The molecule has 1 aliphatic rings. The molecular weight excluding hydrogens is 509 g/mol. The predicted octanol–water partition coefficient (Wildman–Crippen LogP) is 3.65. The monoisotopic (exact) mass is 540 g/mol. The Labute approximate surface area is 218 Å². The predicted molar refractivity (Wildman–Crippen MR) is 136 cm³/mol. The average molecular weight is 541 g/mol. The standard InChI is InChI=1S/C23H30N4O4.C2HF3O2/c1-30-16-6-11-24-23(25-19-8-5-7-18(17-19)22(28)29)27-14-12-26(13-15-27)20-9-3-4-10-21(20)31-2;3-2(4,5)1(6)7/h3-5,7-10,17H,6,11-16H2,1-2H3,(H,24,25)(H,28,29);(H,6,7). The van der Waals surface area contributed by atoms with Gasteiger partial charge in [0.25, 0.3) is 0 Å². The molecule has 10 nitrogen and oxygen atoms in total. The van der Waals surface area contributed by atoms with Crippen molar-refractivity contribution in [2.24, 2.45) is 4.99 Å². The number of hydrogen-bond donors (Lipinski definition) is 3. The highest BCUT2D eigenvalue weighted by atomic mass is 19.4. The maximum absolute atomic E-state index is 11.3. The maximum atomic E-state index is 11.3. The van der Waals surface area contributed by atoms with E-state index in [1.165, 1.54) is 0 Å². The molecule has 0 radical (unpaired) electrons. The number of aliphatic carboxylic acids is 1. The smallest absolute Gasteiger partial charge is 0.490 e. The number of hydrogen-bond acceptors (Lipinski definition) is 6. The number of carbonyl (C=O) groups is 2. The summed E-state index contributed by atoms with van der Waals surface area (Å²) in [4.78, 5) is 29.5. The fraction of sp³-hybridized carbons (Fsp3) is 0.400. The molecule has 38 heavy (non-hydrogen) atoms. The van der Waals surface area contributed by atoms with E-state index in [-0.39, 0.29) is 5.56 Å². The molecule has 3 N–H and O–H groups in total. The molecule has 2 aromatic rings. The SMILES string of the molecule is COCCCN=C(Nc1cccc(C(=O)O)c1)N1CCN(c2ccccc2OC)CC1.O=C(O)C(F)(F)F. The van der Waals surface area contributed by atoms with Crippen LogP contribution >= 0.6 is 0 Å². The molecule has 1 aliphatic heterocycles. The number of aliphatic imine (C=N–C) groups is 1. The van der Waals surface area contributed by atoms with Gasteiger partial charge in [-0.25, -0.2) is 9.59 Å². The van der Waals surface area contributed by atoms with Gasteiger partial charge in [0, 0.05) is 52.1 Å². The van der Waals surface area contributed by atoms with Crippen LogP contribution in [0.1, 0.15) is 16.8 Å². The highest BCUT2D eigenvalue weighted by molar-refractivity contribution is 5.96. The zero-order chi connectivity index (χ0) is 28.1. The lowest BCUT2D eigenvalue weighted by atomic mass is 10.2. The summed E-state index contributed by atoms with van der Waals surface area (Å²) >= 11 is 0. The molecular formula is C25H31F3N4O6. The second-order valence-corrected chi connectivity index (χ2v) is 8.01. The number of carboxylic acid groups (broad SMARTS) is 2. The number of piperazine rings is 1. The molecule has 1 heterocycles. The quantitative estimate of drug-likeness (QED) is 0.261. The Bertz CT molecular complexity index is 1090. The minimum atomic E-state index is -5.08. The van der Waals surface area contributed by atoms with Crippen molar-refractivity contribution in [2.75, 3.05) is 63.8 Å². The molecule has 0 aliphatic carbocycles. The Morgan fingerprint density at radius 1 is 1.03 bits per heavy atom. The molecule has 0 bridgehead atoms. The van der Waals surface area contributed by atoms with E-state index in [0.29, 0.717) is 18.8 Å². The van der Waals surface area contributed by atoms with E-state index >= 15 is 0 Å². The topological polar surface area (TPSA) is 124 Å². The number of rotatable bonds is 8. The Hall–Kier alpha value is -4.00. The van der Waals surface area contributed by atoms with E-state index in [9.17, 15) is 23.1 Å². The lowest BCUT2D eigenvalue weighted by Crippen LogP contribution is -2.50. The van der Waals surface area contributed by atoms with E-state index < -0.39 is 18.1 Å². The maximum Gasteiger partial charge on any atom is 0.490 e. The van der Waals surface area contributed by atoms with Crippen LogP contribution in [0.25, 0.3) is 0 Å². The van der Waals surface area contributed by atoms with Gasteiger partial charge >= 0.3 is 18.1 Å². The molecule has 0 unspecified atom stereocenters. The number of methoxy groups -OCH3 is 2. The lowest BCUT2D eigenvalue weighted by molar-refractivity contribution is -0.192. The van der Waals surface area contributed by atoms with Gasteiger partial charge in [0.1, 0.15) is 5.75 Å².